The first-order chi connectivity index (χ1) is 7.43. The lowest BCUT2D eigenvalue weighted by atomic mass is 10.1. The van der Waals surface area contributed by atoms with Gasteiger partial charge in [-0.3, -0.25) is 0 Å². The number of rotatable bonds is 5. The molecule has 1 aromatic carbocycles. The molecule has 4 heteroatoms. The van der Waals surface area contributed by atoms with Gasteiger partial charge in [-0.15, -0.1) is 0 Å². The Morgan fingerprint density at radius 1 is 1.12 bits per heavy atom. The lowest BCUT2D eigenvalue weighted by Crippen LogP contribution is -2.17. The van der Waals surface area contributed by atoms with E-state index >= 15 is 0 Å². The fraction of sp³-hybridized carbons (Fsp3) is 0.500. The van der Waals surface area contributed by atoms with Gasteiger partial charge in [-0.1, -0.05) is 13.0 Å². The summed E-state index contributed by atoms with van der Waals surface area (Å²) in [7, 11) is -2.87. The Kier molecular flexibility index (Phi) is 4.35. The summed E-state index contributed by atoms with van der Waals surface area (Å²) in [4.78, 5) is 0. The van der Waals surface area contributed by atoms with Crippen molar-refractivity contribution in [2.75, 3.05) is 23.4 Å². The third-order valence-corrected chi connectivity index (χ3v) is 4.11. The monoisotopic (exact) mass is 241 g/mol. The molecule has 90 valence electrons. The molecular formula is C12H19NO2S. The topological polar surface area (TPSA) is 46.2 Å². The maximum Gasteiger partial charge on any atom is 0.151 e. The van der Waals surface area contributed by atoms with Crippen LogP contribution in [0, 0.1) is 13.8 Å². The Labute approximate surface area is 97.8 Å². The first-order valence-corrected chi connectivity index (χ1v) is 7.27. The SMILES string of the molecule is CCS(=O)(=O)CCNc1cc(C)cc(C)c1. The van der Waals surface area contributed by atoms with Gasteiger partial charge in [-0.05, 0) is 37.1 Å². The van der Waals surface area contributed by atoms with Crippen molar-refractivity contribution >= 4 is 15.5 Å². The zero-order chi connectivity index (χ0) is 12.2. The van der Waals surface area contributed by atoms with E-state index in [1.807, 2.05) is 26.0 Å². The molecule has 1 rings (SSSR count). The number of nitrogens with one attached hydrogen (secondary N) is 1. The fourth-order valence-corrected chi connectivity index (χ4v) is 2.27. The van der Waals surface area contributed by atoms with E-state index in [-0.39, 0.29) is 11.5 Å². The van der Waals surface area contributed by atoms with E-state index in [9.17, 15) is 8.42 Å². The second-order valence-electron chi connectivity index (χ2n) is 4.04. The zero-order valence-corrected chi connectivity index (χ0v) is 10.9. The van der Waals surface area contributed by atoms with Crippen LogP contribution in [0.2, 0.25) is 0 Å². The highest BCUT2D eigenvalue weighted by atomic mass is 32.2. The molecule has 0 heterocycles. The van der Waals surface area contributed by atoms with Crippen molar-refractivity contribution in [1.82, 2.24) is 0 Å². The quantitative estimate of drug-likeness (QED) is 0.859. The highest BCUT2D eigenvalue weighted by Gasteiger charge is 2.06. The van der Waals surface area contributed by atoms with Gasteiger partial charge in [0, 0.05) is 18.0 Å². The second kappa shape index (κ2) is 5.34. The minimum atomic E-state index is -2.87. The first-order valence-electron chi connectivity index (χ1n) is 5.45. The molecule has 3 nitrogen and oxygen atoms in total. The maximum absolute atomic E-state index is 11.3. The lowest BCUT2D eigenvalue weighted by molar-refractivity contribution is 0.597. The van der Waals surface area contributed by atoms with Crippen LogP contribution in [-0.2, 0) is 9.84 Å². The molecule has 0 saturated carbocycles. The number of anilines is 1. The number of hydrogen-bond acceptors (Lipinski definition) is 3. The Balaban J connectivity index is 2.55. The highest BCUT2D eigenvalue weighted by molar-refractivity contribution is 7.91. The molecule has 0 saturated heterocycles. The third kappa shape index (κ3) is 4.23. The molecular weight excluding hydrogens is 222 g/mol. The van der Waals surface area contributed by atoms with E-state index in [4.69, 9.17) is 0 Å². The van der Waals surface area contributed by atoms with Crippen LogP contribution in [0.4, 0.5) is 5.69 Å². The van der Waals surface area contributed by atoms with Gasteiger partial charge in [0.15, 0.2) is 9.84 Å². The van der Waals surface area contributed by atoms with Crippen molar-refractivity contribution in [3.63, 3.8) is 0 Å². The summed E-state index contributed by atoms with van der Waals surface area (Å²) in [5.41, 5.74) is 3.35. The number of benzene rings is 1. The van der Waals surface area contributed by atoms with Gasteiger partial charge < -0.3 is 5.32 Å². The molecule has 1 aromatic rings. The van der Waals surface area contributed by atoms with Crippen LogP contribution >= 0.6 is 0 Å². The summed E-state index contributed by atoms with van der Waals surface area (Å²) in [6, 6.07) is 6.13. The standard InChI is InChI=1S/C12H19NO2S/c1-4-16(14,15)6-5-13-12-8-10(2)7-11(3)9-12/h7-9,13H,4-6H2,1-3H3. The van der Waals surface area contributed by atoms with Crippen LogP contribution in [0.5, 0.6) is 0 Å². The minimum absolute atomic E-state index is 0.191. The van der Waals surface area contributed by atoms with Crippen molar-refractivity contribution in [2.45, 2.75) is 20.8 Å². The average Bonchev–Trinajstić information content (AvgIpc) is 2.16. The van der Waals surface area contributed by atoms with Crippen LogP contribution in [0.3, 0.4) is 0 Å². The van der Waals surface area contributed by atoms with Crippen LogP contribution in [-0.4, -0.2) is 26.5 Å². The molecule has 0 unspecified atom stereocenters. The Morgan fingerprint density at radius 3 is 2.19 bits per heavy atom. The zero-order valence-electron chi connectivity index (χ0n) is 10.1. The molecule has 16 heavy (non-hydrogen) atoms. The minimum Gasteiger partial charge on any atom is -0.384 e. The summed E-state index contributed by atoms with van der Waals surface area (Å²) in [5.74, 6) is 0.401. The van der Waals surface area contributed by atoms with Crippen molar-refractivity contribution in [3.8, 4) is 0 Å². The second-order valence-corrected chi connectivity index (χ2v) is 6.51. The molecule has 0 atom stereocenters. The summed E-state index contributed by atoms with van der Waals surface area (Å²) in [6.45, 7) is 6.20. The van der Waals surface area contributed by atoms with E-state index in [1.54, 1.807) is 6.92 Å². The molecule has 0 aliphatic heterocycles. The van der Waals surface area contributed by atoms with Gasteiger partial charge in [-0.25, -0.2) is 8.42 Å². The molecule has 0 spiro atoms. The summed E-state index contributed by atoms with van der Waals surface area (Å²) < 4.78 is 22.6. The molecule has 0 aliphatic rings. The van der Waals surface area contributed by atoms with Crippen LogP contribution in [0.15, 0.2) is 18.2 Å². The van der Waals surface area contributed by atoms with Gasteiger partial charge in [-0.2, -0.15) is 0 Å². The van der Waals surface area contributed by atoms with Gasteiger partial charge in [0.25, 0.3) is 0 Å². The third-order valence-electron chi connectivity index (χ3n) is 2.40. The molecule has 0 bridgehead atoms. The Bertz CT molecular complexity index is 432. The normalized spacial score (nSPS) is 11.4. The van der Waals surface area contributed by atoms with Crippen LogP contribution in [0.1, 0.15) is 18.1 Å². The van der Waals surface area contributed by atoms with Crippen molar-refractivity contribution in [3.05, 3.63) is 29.3 Å². The smallest absolute Gasteiger partial charge is 0.151 e. The van der Waals surface area contributed by atoms with Crippen molar-refractivity contribution in [2.24, 2.45) is 0 Å². The molecule has 0 aromatic heterocycles. The van der Waals surface area contributed by atoms with E-state index in [0.717, 1.165) is 5.69 Å². The average molecular weight is 241 g/mol. The number of aryl methyl sites for hydroxylation is 2. The number of hydrogen-bond donors (Lipinski definition) is 1. The summed E-state index contributed by atoms with van der Waals surface area (Å²) in [6.07, 6.45) is 0. The van der Waals surface area contributed by atoms with Gasteiger partial charge >= 0.3 is 0 Å². The Morgan fingerprint density at radius 2 is 1.69 bits per heavy atom. The van der Waals surface area contributed by atoms with Crippen molar-refractivity contribution < 1.29 is 8.42 Å². The van der Waals surface area contributed by atoms with E-state index in [2.05, 4.69) is 11.4 Å². The van der Waals surface area contributed by atoms with E-state index < -0.39 is 9.84 Å². The predicted molar refractivity (Wildman–Crippen MR) is 68.7 cm³/mol. The van der Waals surface area contributed by atoms with Crippen molar-refractivity contribution in [1.29, 1.82) is 0 Å². The first kappa shape index (κ1) is 13.0. The van der Waals surface area contributed by atoms with E-state index in [1.165, 1.54) is 11.1 Å². The van der Waals surface area contributed by atoms with Crippen LogP contribution < -0.4 is 5.32 Å². The summed E-state index contributed by atoms with van der Waals surface area (Å²) in [5, 5.41) is 3.14. The highest BCUT2D eigenvalue weighted by Crippen LogP contribution is 2.13. The fourth-order valence-electron chi connectivity index (χ4n) is 1.57. The molecule has 0 amide bonds. The van der Waals surface area contributed by atoms with Gasteiger partial charge in [0.1, 0.15) is 0 Å². The Hall–Kier alpha value is -1.03. The van der Waals surface area contributed by atoms with Gasteiger partial charge in [0.2, 0.25) is 0 Å². The molecule has 0 aliphatic carbocycles. The number of sulfone groups is 1. The molecule has 0 radical (unpaired) electrons. The molecule has 0 fully saturated rings. The largest absolute Gasteiger partial charge is 0.384 e. The molecule has 1 N–H and O–H groups in total. The predicted octanol–water partition coefficient (Wildman–Crippen LogP) is 2.15. The van der Waals surface area contributed by atoms with Crippen LogP contribution in [0.25, 0.3) is 0 Å². The lowest BCUT2D eigenvalue weighted by Gasteiger charge is -2.08. The maximum atomic E-state index is 11.3. The summed E-state index contributed by atoms with van der Waals surface area (Å²) >= 11 is 0. The van der Waals surface area contributed by atoms with Gasteiger partial charge in [0.05, 0.1) is 5.75 Å². The van der Waals surface area contributed by atoms with E-state index in [0.29, 0.717) is 6.54 Å².